The van der Waals surface area contributed by atoms with Crippen LogP contribution in [0.5, 0.6) is 0 Å². The molecule has 0 saturated carbocycles. The molecule has 0 aliphatic rings. The van der Waals surface area contributed by atoms with Gasteiger partial charge in [-0.15, -0.1) is 0 Å². The molecule has 0 fully saturated rings. The van der Waals surface area contributed by atoms with Crippen molar-refractivity contribution in [3.05, 3.63) is 58.5 Å². The number of nitrogens with one attached hydrogen (secondary N) is 1. The minimum absolute atomic E-state index is 0.300. The fourth-order valence-corrected chi connectivity index (χ4v) is 2.17. The highest BCUT2D eigenvalue weighted by molar-refractivity contribution is 5.36. The molecule has 1 heterocycles. The molecule has 2 rings (SSSR count). The van der Waals surface area contributed by atoms with E-state index in [1.165, 1.54) is 0 Å². The van der Waals surface area contributed by atoms with E-state index in [1.807, 2.05) is 13.8 Å². The van der Waals surface area contributed by atoms with Gasteiger partial charge in [0.2, 0.25) is 0 Å². The molecule has 0 spiro atoms. The maximum absolute atomic E-state index is 14.1. The van der Waals surface area contributed by atoms with Crippen LogP contribution in [0, 0.1) is 25.5 Å². The summed E-state index contributed by atoms with van der Waals surface area (Å²) < 4.78 is 33.1. The Kier molecular flexibility index (Phi) is 4.00. The van der Waals surface area contributed by atoms with E-state index in [4.69, 9.17) is 4.42 Å². The fraction of sp³-hybridized carbons (Fsp3) is 0.333. The molecule has 0 radical (unpaired) electrons. The van der Waals surface area contributed by atoms with Gasteiger partial charge in [0.05, 0.1) is 12.3 Å². The van der Waals surface area contributed by atoms with E-state index in [1.54, 1.807) is 31.4 Å². The lowest BCUT2D eigenvalue weighted by Crippen LogP contribution is -2.23. The summed E-state index contributed by atoms with van der Waals surface area (Å²) in [5.74, 6) is -0.889. The highest BCUT2D eigenvalue weighted by atomic mass is 19.2. The second kappa shape index (κ2) is 5.53. The Hall–Kier alpha value is -1.68. The van der Waals surface area contributed by atoms with Crippen LogP contribution in [0.3, 0.4) is 0 Å². The van der Waals surface area contributed by atoms with Crippen LogP contribution in [0.2, 0.25) is 0 Å². The first-order chi connectivity index (χ1) is 9.06. The lowest BCUT2D eigenvalue weighted by molar-refractivity contribution is 0.474. The largest absolute Gasteiger partial charge is 0.469 e. The third-order valence-corrected chi connectivity index (χ3v) is 3.23. The lowest BCUT2D eigenvalue weighted by atomic mass is 9.97. The van der Waals surface area contributed by atoms with Gasteiger partial charge in [0.25, 0.3) is 0 Å². The van der Waals surface area contributed by atoms with Gasteiger partial charge in [-0.25, -0.2) is 8.78 Å². The molecular formula is C15H17F2NO. The molecule has 1 aromatic heterocycles. The molecule has 0 aliphatic heterocycles. The lowest BCUT2D eigenvalue weighted by Gasteiger charge is -2.19. The summed E-state index contributed by atoms with van der Waals surface area (Å²) in [7, 11) is 0. The topological polar surface area (TPSA) is 25.2 Å². The second-order valence-corrected chi connectivity index (χ2v) is 4.52. The summed E-state index contributed by atoms with van der Waals surface area (Å²) in [6.07, 6.45) is 1.55. The zero-order valence-electron chi connectivity index (χ0n) is 11.3. The summed E-state index contributed by atoms with van der Waals surface area (Å²) in [6.45, 7) is 5.92. The van der Waals surface area contributed by atoms with Gasteiger partial charge in [0.15, 0.2) is 11.6 Å². The van der Waals surface area contributed by atoms with Crippen molar-refractivity contribution in [1.82, 2.24) is 5.32 Å². The number of hydrogen-bond donors (Lipinski definition) is 1. The maximum atomic E-state index is 14.1. The monoisotopic (exact) mass is 265 g/mol. The highest BCUT2D eigenvalue weighted by Crippen LogP contribution is 2.29. The van der Waals surface area contributed by atoms with E-state index < -0.39 is 17.7 Å². The zero-order chi connectivity index (χ0) is 14.0. The summed E-state index contributed by atoms with van der Waals surface area (Å²) in [4.78, 5) is 0. The van der Waals surface area contributed by atoms with Crippen LogP contribution in [0.4, 0.5) is 8.78 Å². The molecule has 0 saturated heterocycles. The van der Waals surface area contributed by atoms with Crippen LogP contribution >= 0.6 is 0 Å². The van der Waals surface area contributed by atoms with Crippen LogP contribution in [0.15, 0.2) is 28.9 Å². The average molecular weight is 265 g/mol. The summed E-state index contributed by atoms with van der Waals surface area (Å²) in [5.41, 5.74) is 1.43. The molecule has 1 atom stereocenters. The molecular weight excluding hydrogens is 248 g/mol. The molecule has 0 amide bonds. The number of hydrogen-bond acceptors (Lipinski definition) is 2. The Morgan fingerprint density at radius 1 is 1.11 bits per heavy atom. The molecule has 2 aromatic rings. The van der Waals surface area contributed by atoms with Crippen molar-refractivity contribution >= 4 is 0 Å². The Balaban J connectivity index is 2.52. The summed E-state index contributed by atoms with van der Waals surface area (Å²) >= 11 is 0. The van der Waals surface area contributed by atoms with Crippen LogP contribution in [-0.4, -0.2) is 6.54 Å². The predicted molar refractivity (Wildman–Crippen MR) is 70.1 cm³/mol. The second-order valence-electron chi connectivity index (χ2n) is 4.52. The number of benzene rings is 1. The van der Waals surface area contributed by atoms with Gasteiger partial charge in [-0.3, -0.25) is 0 Å². The predicted octanol–water partition coefficient (Wildman–Crippen LogP) is 3.87. The molecule has 2 nitrogen and oxygen atoms in total. The Bertz CT molecular complexity index is 578. The van der Waals surface area contributed by atoms with Crippen molar-refractivity contribution in [2.75, 3.05) is 6.54 Å². The van der Waals surface area contributed by atoms with Crippen LogP contribution in [0.25, 0.3) is 0 Å². The van der Waals surface area contributed by atoms with Crippen molar-refractivity contribution < 1.29 is 13.2 Å². The van der Waals surface area contributed by atoms with E-state index in [9.17, 15) is 8.78 Å². The van der Waals surface area contributed by atoms with E-state index in [0.29, 0.717) is 23.4 Å². The van der Waals surface area contributed by atoms with Crippen LogP contribution < -0.4 is 5.32 Å². The standard InChI is InChI=1S/C15H17F2NO/c1-4-18-15(11-7-8-19-10(11)3)12-6-5-9(2)13(16)14(12)17/h5-8,15,18H,4H2,1-3H3. The molecule has 1 N–H and O–H groups in total. The van der Waals surface area contributed by atoms with E-state index in [0.717, 1.165) is 5.56 Å². The molecule has 19 heavy (non-hydrogen) atoms. The smallest absolute Gasteiger partial charge is 0.164 e. The van der Waals surface area contributed by atoms with Crippen molar-refractivity contribution in [1.29, 1.82) is 0 Å². The third kappa shape index (κ3) is 2.54. The Morgan fingerprint density at radius 2 is 1.84 bits per heavy atom. The first kappa shape index (κ1) is 13.7. The maximum Gasteiger partial charge on any atom is 0.164 e. The van der Waals surface area contributed by atoms with Crippen molar-refractivity contribution in [3.8, 4) is 0 Å². The SMILES string of the molecule is CCNC(c1ccoc1C)c1ccc(C)c(F)c1F. The first-order valence-corrected chi connectivity index (χ1v) is 6.28. The van der Waals surface area contributed by atoms with Gasteiger partial charge in [0, 0.05) is 11.1 Å². The van der Waals surface area contributed by atoms with Gasteiger partial charge >= 0.3 is 0 Å². The molecule has 1 aromatic carbocycles. The van der Waals surface area contributed by atoms with Crippen LogP contribution in [0.1, 0.15) is 35.4 Å². The minimum Gasteiger partial charge on any atom is -0.469 e. The molecule has 0 aliphatic carbocycles. The first-order valence-electron chi connectivity index (χ1n) is 6.28. The fourth-order valence-electron chi connectivity index (χ4n) is 2.17. The van der Waals surface area contributed by atoms with Gasteiger partial charge in [-0.2, -0.15) is 0 Å². The van der Waals surface area contributed by atoms with Gasteiger partial charge in [-0.05, 0) is 32.0 Å². The Morgan fingerprint density at radius 3 is 2.42 bits per heavy atom. The average Bonchev–Trinajstić information content (AvgIpc) is 2.80. The van der Waals surface area contributed by atoms with E-state index in [2.05, 4.69) is 5.32 Å². The third-order valence-electron chi connectivity index (χ3n) is 3.23. The molecule has 1 unspecified atom stereocenters. The Labute approximate surface area is 111 Å². The number of furan rings is 1. The van der Waals surface area contributed by atoms with Crippen LogP contribution in [-0.2, 0) is 0 Å². The quantitative estimate of drug-likeness (QED) is 0.907. The van der Waals surface area contributed by atoms with Gasteiger partial charge < -0.3 is 9.73 Å². The molecule has 102 valence electrons. The normalized spacial score (nSPS) is 12.7. The van der Waals surface area contributed by atoms with Gasteiger partial charge in [-0.1, -0.05) is 19.1 Å². The highest BCUT2D eigenvalue weighted by Gasteiger charge is 2.22. The minimum atomic E-state index is -0.799. The zero-order valence-corrected chi connectivity index (χ0v) is 11.3. The van der Waals surface area contributed by atoms with Crippen molar-refractivity contribution in [2.24, 2.45) is 0 Å². The molecule has 4 heteroatoms. The molecule has 0 bridgehead atoms. The number of halogens is 2. The summed E-state index contributed by atoms with van der Waals surface area (Å²) in [5, 5.41) is 3.16. The number of rotatable bonds is 4. The van der Waals surface area contributed by atoms with Gasteiger partial charge in [0.1, 0.15) is 5.76 Å². The summed E-state index contributed by atoms with van der Waals surface area (Å²) in [6, 6.07) is 4.58. The number of aryl methyl sites for hydroxylation is 2. The van der Waals surface area contributed by atoms with Crippen molar-refractivity contribution in [3.63, 3.8) is 0 Å². The van der Waals surface area contributed by atoms with Crippen molar-refractivity contribution in [2.45, 2.75) is 26.8 Å². The van der Waals surface area contributed by atoms with E-state index in [-0.39, 0.29) is 0 Å². The van der Waals surface area contributed by atoms with E-state index >= 15 is 0 Å².